The van der Waals surface area contributed by atoms with Gasteiger partial charge in [0.15, 0.2) is 5.25 Å². The predicted octanol–water partition coefficient (Wildman–Crippen LogP) is 0.749. The molecule has 0 saturated carbocycles. The summed E-state index contributed by atoms with van der Waals surface area (Å²) in [5.74, 6) is -2.04. The Labute approximate surface area is 107 Å². The molecule has 1 aromatic rings. The van der Waals surface area contributed by atoms with E-state index < -0.39 is 27.2 Å². The van der Waals surface area contributed by atoms with Crippen molar-refractivity contribution < 1.29 is 27.9 Å². The lowest BCUT2D eigenvalue weighted by atomic mass is 10.5. The van der Waals surface area contributed by atoms with Gasteiger partial charge >= 0.3 is 11.9 Å². The lowest BCUT2D eigenvalue weighted by molar-refractivity contribution is -0.139. The van der Waals surface area contributed by atoms with Crippen molar-refractivity contribution in [3.8, 4) is 0 Å². The second-order valence-corrected chi connectivity index (χ2v) is 6.37. The van der Waals surface area contributed by atoms with E-state index in [1.165, 1.54) is 19.1 Å². The van der Waals surface area contributed by atoms with Gasteiger partial charge in [-0.3, -0.25) is 9.52 Å². The van der Waals surface area contributed by atoms with Gasteiger partial charge in [-0.2, -0.15) is 0 Å². The molecule has 18 heavy (non-hydrogen) atoms. The molecule has 1 atom stereocenters. The number of thiophene rings is 1. The molecule has 0 aliphatic carbocycles. The first-order chi connectivity index (χ1) is 8.27. The number of ether oxygens (including phenoxy) is 1. The summed E-state index contributed by atoms with van der Waals surface area (Å²) >= 11 is 0.763. The van der Waals surface area contributed by atoms with Crippen LogP contribution in [0, 0.1) is 0 Å². The Balaban J connectivity index is 2.88. The fourth-order valence-electron chi connectivity index (χ4n) is 1.03. The molecule has 0 saturated heterocycles. The zero-order valence-electron chi connectivity index (χ0n) is 9.54. The highest BCUT2D eigenvalue weighted by Gasteiger charge is 2.29. The highest BCUT2D eigenvalue weighted by atomic mass is 32.2. The van der Waals surface area contributed by atoms with Crippen molar-refractivity contribution in [1.29, 1.82) is 0 Å². The average molecular weight is 293 g/mol. The van der Waals surface area contributed by atoms with Gasteiger partial charge in [-0.05, 0) is 19.1 Å². The molecule has 0 radical (unpaired) electrons. The molecule has 9 heteroatoms. The van der Waals surface area contributed by atoms with Crippen LogP contribution in [0.15, 0.2) is 12.1 Å². The van der Waals surface area contributed by atoms with E-state index in [2.05, 4.69) is 9.46 Å². The van der Waals surface area contributed by atoms with Gasteiger partial charge in [-0.15, -0.1) is 11.3 Å². The fraction of sp³-hybridized carbons (Fsp3) is 0.333. The van der Waals surface area contributed by atoms with E-state index in [4.69, 9.17) is 5.11 Å². The van der Waals surface area contributed by atoms with Crippen LogP contribution in [0.4, 0.5) is 5.00 Å². The van der Waals surface area contributed by atoms with Crippen LogP contribution in [-0.4, -0.2) is 37.8 Å². The first kappa shape index (κ1) is 14.5. The van der Waals surface area contributed by atoms with Gasteiger partial charge in [0.2, 0.25) is 10.0 Å². The predicted molar refractivity (Wildman–Crippen MR) is 65.3 cm³/mol. The van der Waals surface area contributed by atoms with E-state index >= 15 is 0 Å². The molecule has 1 aromatic heterocycles. The van der Waals surface area contributed by atoms with E-state index in [-0.39, 0.29) is 9.88 Å². The van der Waals surface area contributed by atoms with Crippen molar-refractivity contribution in [2.45, 2.75) is 12.2 Å². The van der Waals surface area contributed by atoms with Gasteiger partial charge in [0.1, 0.15) is 9.88 Å². The van der Waals surface area contributed by atoms with Gasteiger partial charge in [-0.1, -0.05) is 0 Å². The summed E-state index contributed by atoms with van der Waals surface area (Å²) in [5.41, 5.74) is 0. The van der Waals surface area contributed by atoms with Gasteiger partial charge in [-0.25, -0.2) is 13.2 Å². The monoisotopic (exact) mass is 293 g/mol. The number of methoxy groups -OCH3 is 1. The Morgan fingerprint density at radius 1 is 1.44 bits per heavy atom. The minimum absolute atomic E-state index is 0.00146. The van der Waals surface area contributed by atoms with E-state index in [1.807, 2.05) is 0 Å². The number of hydrogen-bond donors (Lipinski definition) is 2. The largest absolute Gasteiger partial charge is 0.477 e. The molecule has 7 nitrogen and oxygen atoms in total. The van der Waals surface area contributed by atoms with Gasteiger partial charge in [0.25, 0.3) is 0 Å². The van der Waals surface area contributed by atoms with Crippen molar-refractivity contribution in [3.05, 3.63) is 17.0 Å². The van der Waals surface area contributed by atoms with E-state index in [1.54, 1.807) is 0 Å². The minimum Gasteiger partial charge on any atom is -0.477 e. The maximum absolute atomic E-state index is 11.7. The first-order valence-corrected chi connectivity index (χ1v) is 7.07. The molecule has 1 rings (SSSR count). The molecular formula is C9H11NO6S2. The topological polar surface area (TPSA) is 110 Å². The number of anilines is 1. The van der Waals surface area contributed by atoms with Gasteiger partial charge in [0.05, 0.1) is 7.11 Å². The third-order valence-corrected chi connectivity index (χ3v) is 4.80. The number of esters is 1. The normalized spacial score (nSPS) is 12.8. The molecule has 1 heterocycles. The van der Waals surface area contributed by atoms with Crippen LogP contribution >= 0.6 is 11.3 Å². The third kappa shape index (κ3) is 3.20. The molecule has 0 bridgehead atoms. The SMILES string of the molecule is COC(=O)C(C)S(=O)(=O)Nc1ccc(C(=O)O)s1. The first-order valence-electron chi connectivity index (χ1n) is 4.70. The highest BCUT2D eigenvalue weighted by Crippen LogP contribution is 2.23. The molecule has 0 aliphatic heterocycles. The second-order valence-electron chi connectivity index (χ2n) is 3.28. The second kappa shape index (κ2) is 5.36. The van der Waals surface area contributed by atoms with Crippen LogP contribution in [0.1, 0.15) is 16.6 Å². The molecule has 100 valence electrons. The minimum atomic E-state index is -3.94. The van der Waals surface area contributed by atoms with Crippen LogP contribution < -0.4 is 4.72 Å². The van der Waals surface area contributed by atoms with E-state index in [9.17, 15) is 18.0 Å². The Hall–Kier alpha value is -1.61. The van der Waals surface area contributed by atoms with Crippen molar-refractivity contribution >= 4 is 38.3 Å². The Morgan fingerprint density at radius 3 is 2.50 bits per heavy atom. The van der Waals surface area contributed by atoms with Gasteiger partial charge < -0.3 is 9.84 Å². The summed E-state index contributed by atoms with van der Waals surface area (Å²) in [7, 11) is -2.86. The summed E-state index contributed by atoms with van der Waals surface area (Å²) in [6.07, 6.45) is 0. The van der Waals surface area contributed by atoms with Crippen LogP contribution in [0.3, 0.4) is 0 Å². The van der Waals surface area contributed by atoms with Crippen molar-refractivity contribution in [2.75, 3.05) is 11.8 Å². The van der Waals surface area contributed by atoms with Crippen LogP contribution in [0.2, 0.25) is 0 Å². The summed E-state index contributed by atoms with van der Waals surface area (Å²) in [5, 5.41) is 7.44. The Bertz CT molecular complexity index is 561. The number of carboxylic acid groups (broad SMARTS) is 1. The van der Waals surface area contributed by atoms with Gasteiger partial charge in [0, 0.05) is 0 Å². The van der Waals surface area contributed by atoms with Crippen LogP contribution in [0.25, 0.3) is 0 Å². The number of rotatable bonds is 5. The number of nitrogens with one attached hydrogen (secondary N) is 1. The number of hydrogen-bond acceptors (Lipinski definition) is 6. The molecule has 0 fully saturated rings. The van der Waals surface area contributed by atoms with Crippen molar-refractivity contribution in [1.82, 2.24) is 0 Å². The molecule has 0 aromatic carbocycles. The quantitative estimate of drug-likeness (QED) is 0.775. The average Bonchev–Trinajstić information content (AvgIpc) is 2.74. The number of carbonyl (C=O) groups is 2. The zero-order chi connectivity index (χ0) is 13.9. The molecular weight excluding hydrogens is 282 g/mol. The number of sulfonamides is 1. The van der Waals surface area contributed by atoms with Crippen molar-refractivity contribution in [2.24, 2.45) is 0 Å². The van der Waals surface area contributed by atoms with Crippen LogP contribution in [0.5, 0.6) is 0 Å². The number of carbonyl (C=O) groups excluding carboxylic acids is 1. The Kier molecular flexibility index (Phi) is 4.30. The number of carboxylic acids is 1. The molecule has 0 aliphatic rings. The summed E-state index contributed by atoms with van der Waals surface area (Å²) in [4.78, 5) is 21.8. The standard InChI is InChI=1S/C9H11NO6S2/c1-5(9(13)16-2)18(14,15)10-7-4-3-6(17-7)8(11)12/h3-5,10H,1-2H3,(H,11,12). The molecule has 2 N–H and O–H groups in total. The summed E-state index contributed by atoms with van der Waals surface area (Å²) < 4.78 is 29.9. The number of aromatic carboxylic acids is 1. The summed E-state index contributed by atoms with van der Waals surface area (Å²) in [6, 6.07) is 2.59. The maximum Gasteiger partial charge on any atom is 0.345 e. The summed E-state index contributed by atoms with van der Waals surface area (Å²) in [6.45, 7) is 1.18. The maximum atomic E-state index is 11.7. The fourth-order valence-corrected chi connectivity index (χ4v) is 3.02. The molecule has 0 spiro atoms. The van der Waals surface area contributed by atoms with E-state index in [0.717, 1.165) is 18.4 Å². The smallest absolute Gasteiger partial charge is 0.345 e. The highest BCUT2D eigenvalue weighted by molar-refractivity contribution is 7.94. The lowest BCUT2D eigenvalue weighted by Crippen LogP contribution is -2.32. The third-order valence-electron chi connectivity index (χ3n) is 2.06. The van der Waals surface area contributed by atoms with E-state index in [0.29, 0.717) is 0 Å². The Morgan fingerprint density at radius 2 is 2.06 bits per heavy atom. The zero-order valence-corrected chi connectivity index (χ0v) is 11.2. The molecule has 1 unspecified atom stereocenters. The molecule has 0 amide bonds. The van der Waals surface area contributed by atoms with Crippen LogP contribution in [-0.2, 0) is 19.6 Å². The van der Waals surface area contributed by atoms with Crippen molar-refractivity contribution in [3.63, 3.8) is 0 Å². The lowest BCUT2D eigenvalue weighted by Gasteiger charge is -2.11.